The third-order valence-corrected chi connectivity index (χ3v) is 3.16. The molecule has 0 radical (unpaired) electrons. The fraction of sp³-hybridized carbons (Fsp3) is 0. The highest BCUT2D eigenvalue weighted by Gasteiger charge is 2.10. The second kappa shape index (κ2) is 5.83. The van der Waals surface area contributed by atoms with E-state index in [1.54, 1.807) is 36.4 Å². The molecule has 94 valence electrons. The molecule has 0 fully saturated rings. The summed E-state index contributed by atoms with van der Waals surface area (Å²) in [5.74, 6) is -0.368. The molecule has 1 aromatic carbocycles. The Hall–Kier alpha value is -1.90. The molecule has 0 spiro atoms. The van der Waals surface area contributed by atoms with E-state index >= 15 is 0 Å². The van der Waals surface area contributed by atoms with Crippen molar-refractivity contribution in [2.75, 3.05) is 5.32 Å². The third-order valence-electron chi connectivity index (χ3n) is 2.29. The molecule has 0 saturated heterocycles. The van der Waals surface area contributed by atoms with Crippen LogP contribution >= 0.6 is 27.5 Å². The van der Waals surface area contributed by atoms with Gasteiger partial charge in [0.1, 0.15) is 10.8 Å². The van der Waals surface area contributed by atoms with Crippen LogP contribution in [0.25, 0.3) is 0 Å². The van der Waals surface area contributed by atoms with Crippen LogP contribution in [0.3, 0.4) is 0 Å². The molecule has 1 N–H and O–H groups in total. The van der Waals surface area contributed by atoms with Gasteiger partial charge in [-0.25, -0.2) is 4.98 Å². The number of carbonyl (C=O) groups is 1. The maximum absolute atomic E-state index is 12.0. The van der Waals surface area contributed by atoms with Crippen molar-refractivity contribution in [2.45, 2.75) is 0 Å². The number of benzene rings is 1. The second-order valence-electron chi connectivity index (χ2n) is 3.61. The van der Waals surface area contributed by atoms with Gasteiger partial charge in [-0.1, -0.05) is 17.7 Å². The lowest BCUT2D eigenvalue weighted by atomic mass is 10.2. The molecule has 0 unspecified atom stereocenters. The van der Waals surface area contributed by atoms with Gasteiger partial charge in [0.2, 0.25) is 0 Å². The number of nitriles is 1. The van der Waals surface area contributed by atoms with Gasteiger partial charge in [0.05, 0.1) is 17.3 Å². The number of rotatable bonds is 2. The van der Waals surface area contributed by atoms with E-state index in [4.69, 9.17) is 16.9 Å². The topological polar surface area (TPSA) is 65.8 Å². The average molecular weight is 337 g/mol. The Labute approximate surface area is 123 Å². The SMILES string of the molecule is N#Cc1ccc(NC(=O)c2cccc(Cl)n2)c(Br)c1. The smallest absolute Gasteiger partial charge is 0.274 e. The van der Waals surface area contributed by atoms with Crippen molar-refractivity contribution in [3.63, 3.8) is 0 Å². The van der Waals surface area contributed by atoms with Gasteiger partial charge in [-0.05, 0) is 46.3 Å². The summed E-state index contributed by atoms with van der Waals surface area (Å²) in [4.78, 5) is 15.9. The molecule has 0 aliphatic rings. The summed E-state index contributed by atoms with van der Waals surface area (Å²) in [6.07, 6.45) is 0. The minimum atomic E-state index is -0.368. The highest BCUT2D eigenvalue weighted by atomic mass is 79.9. The number of nitrogens with zero attached hydrogens (tertiary/aromatic N) is 2. The van der Waals surface area contributed by atoms with Crippen LogP contribution in [0.5, 0.6) is 0 Å². The molecule has 6 heteroatoms. The quantitative estimate of drug-likeness (QED) is 0.852. The highest BCUT2D eigenvalue weighted by Crippen LogP contribution is 2.23. The fourth-order valence-corrected chi connectivity index (χ4v) is 2.05. The largest absolute Gasteiger partial charge is 0.320 e. The van der Waals surface area contributed by atoms with Crippen molar-refractivity contribution in [1.29, 1.82) is 5.26 Å². The van der Waals surface area contributed by atoms with E-state index in [9.17, 15) is 4.79 Å². The van der Waals surface area contributed by atoms with Crippen LogP contribution in [-0.2, 0) is 0 Å². The summed E-state index contributed by atoms with van der Waals surface area (Å²) >= 11 is 9.02. The van der Waals surface area contributed by atoms with Gasteiger partial charge in [0, 0.05) is 4.47 Å². The summed E-state index contributed by atoms with van der Waals surface area (Å²) in [6.45, 7) is 0. The first kappa shape index (κ1) is 13.5. The van der Waals surface area contributed by atoms with Crippen molar-refractivity contribution in [3.8, 4) is 6.07 Å². The van der Waals surface area contributed by atoms with Crippen molar-refractivity contribution < 1.29 is 4.79 Å². The van der Waals surface area contributed by atoms with E-state index in [0.29, 0.717) is 15.7 Å². The predicted octanol–water partition coefficient (Wildman–Crippen LogP) is 3.62. The van der Waals surface area contributed by atoms with Gasteiger partial charge >= 0.3 is 0 Å². The predicted molar refractivity (Wildman–Crippen MR) is 76.1 cm³/mol. The molecule has 0 atom stereocenters. The fourth-order valence-electron chi connectivity index (χ4n) is 1.41. The number of carbonyl (C=O) groups excluding carboxylic acids is 1. The first-order valence-electron chi connectivity index (χ1n) is 5.23. The van der Waals surface area contributed by atoms with Crippen molar-refractivity contribution in [3.05, 3.63) is 57.3 Å². The van der Waals surface area contributed by atoms with Crippen LogP contribution in [0.4, 0.5) is 5.69 Å². The minimum Gasteiger partial charge on any atom is -0.320 e. The maximum atomic E-state index is 12.0. The summed E-state index contributed by atoms with van der Waals surface area (Å²) in [5.41, 5.74) is 1.29. The van der Waals surface area contributed by atoms with Crippen LogP contribution in [0.2, 0.25) is 5.15 Å². The molecule has 0 bridgehead atoms. The maximum Gasteiger partial charge on any atom is 0.274 e. The number of anilines is 1. The third kappa shape index (κ3) is 3.31. The molecule has 1 amide bonds. The number of aromatic nitrogens is 1. The molecular formula is C13H7BrClN3O. The Kier molecular flexibility index (Phi) is 4.15. The number of pyridine rings is 1. The molecule has 0 saturated carbocycles. The Morgan fingerprint density at radius 2 is 2.16 bits per heavy atom. The van der Waals surface area contributed by atoms with Crippen LogP contribution in [0.1, 0.15) is 16.1 Å². The molecule has 4 nitrogen and oxygen atoms in total. The number of amides is 1. The van der Waals surface area contributed by atoms with Gasteiger partial charge < -0.3 is 5.32 Å². The summed E-state index contributed by atoms with van der Waals surface area (Å²) in [5, 5.41) is 11.7. The lowest BCUT2D eigenvalue weighted by Gasteiger charge is -2.07. The molecule has 2 rings (SSSR count). The van der Waals surface area contributed by atoms with Crippen LogP contribution in [0.15, 0.2) is 40.9 Å². The van der Waals surface area contributed by atoms with Gasteiger partial charge in [0.25, 0.3) is 5.91 Å². The molecule has 1 aromatic heterocycles. The van der Waals surface area contributed by atoms with Crippen molar-refractivity contribution in [1.82, 2.24) is 4.98 Å². The van der Waals surface area contributed by atoms with Gasteiger partial charge in [-0.2, -0.15) is 5.26 Å². The zero-order valence-electron chi connectivity index (χ0n) is 9.52. The number of hydrogen-bond acceptors (Lipinski definition) is 3. The Morgan fingerprint density at radius 3 is 2.79 bits per heavy atom. The highest BCUT2D eigenvalue weighted by molar-refractivity contribution is 9.10. The zero-order chi connectivity index (χ0) is 13.8. The summed E-state index contributed by atoms with van der Waals surface area (Å²) in [6, 6.07) is 11.7. The lowest BCUT2D eigenvalue weighted by Crippen LogP contribution is -2.14. The van der Waals surface area contributed by atoms with Crippen LogP contribution < -0.4 is 5.32 Å². The normalized spacial score (nSPS) is 9.74. The van der Waals surface area contributed by atoms with Crippen LogP contribution in [-0.4, -0.2) is 10.9 Å². The summed E-state index contributed by atoms with van der Waals surface area (Å²) in [7, 11) is 0. The minimum absolute atomic E-state index is 0.226. The number of halogens is 2. The molecule has 1 heterocycles. The number of hydrogen-bond donors (Lipinski definition) is 1. The van der Waals surface area contributed by atoms with E-state index < -0.39 is 0 Å². The standard InChI is InChI=1S/C13H7BrClN3O/c14-9-6-8(7-16)4-5-10(9)18-13(19)11-2-1-3-12(15)17-11/h1-6H,(H,18,19). The average Bonchev–Trinajstić information content (AvgIpc) is 2.41. The van der Waals surface area contributed by atoms with Gasteiger partial charge in [0.15, 0.2) is 0 Å². The van der Waals surface area contributed by atoms with Crippen LogP contribution in [0, 0.1) is 11.3 Å². The van der Waals surface area contributed by atoms with E-state index in [1.165, 1.54) is 0 Å². The molecular weight excluding hydrogens is 330 g/mol. The monoisotopic (exact) mass is 335 g/mol. The van der Waals surface area contributed by atoms with E-state index in [-0.39, 0.29) is 16.8 Å². The Bertz CT molecular complexity index is 682. The Morgan fingerprint density at radius 1 is 1.37 bits per heavy atom. The molecule has 2 aromatic rings. The molecule has 0 aliphatic carbocycles. The van der Waals surface area contributed by atoms with Gasteiger partial charge in [-0.15, -0.1) is 0 Å². The first-order valence-corrected chi connectivity index (χ1v) is 6.41. The van der Waals surface area contributed by atoms with E-state index in [0.717, 1.165) is 0 Å². The van der Waals surface area contributed by atoms with Crippen molar-refractivity contribution >= 4 is 39.1 Å². The number of nitrogens with one attached hydrogen (secondary N) is 1. The first-order chi connectivity index (χ1) is 9.10. The zero-order valence-corrected chi connectivity index (χ0v) is 11.9. The van der Waals surface area contributed by atoms with Crippen molar-refractivity contribution in [2.24, 2.45) is 0 Å². The molecule has 19 heavy (non-hydrogen) atoms. The van der Waals surface area contributed by atoms with E-state index in [1.807, 2.05) is 6.07 Å². The van der Waals surface area contributed by atoms with Gasteiger partial charge in [-0.3, -0.25) is 4.79 Å². The van der Waals surface area contributed by atoms with E-state index in [2.05, 4.69) is 26.2 Å². The lowest BCUT2D eigenvalue weighted by molar-refractivity contribution is 0.102. The Balaban J connectivity index is 2.22. The molecule has 0 aliphatic heterocycles. The second-order valence-corrected chi connectivity index (χ2v) is 4.85. The summed E-state index contributed by atoms with van der Waals surface area (Å²) < 4.78 is 0.627.